The molecule has 106 valence electrons. The van der Waals surface area contributed by atoms with E-state index in [0.717, 1.165) is 6.42 Å². The maximum atomic E-state index is 10.7. The molecule has 1 heterocycles. The maximum absolute atomic E-state index is 10.7. The minimum absolute atomic E-state index is 0.0847. The average Bonchev–Trinajstić information content (AvgIpc) is 2.93. The number of carboxylic acids is 1. The Balaban J connectivity index is 1.88. The summed E-state index contributed by atoms with van der Waals surface area (Å²) >= 11 is 0. The number of hydrogen-bond donors (Lipinski definition) is 1. The third-order valence-corrected chi connectivity index (χ3v) is 2.77. The SMILES string of the molecule is COCCc1ccc(OCc2ccc(C(=O)O)o2)cc1. The van der Waals surface area contributed by atoms with Crippen LogP contribution < -0.4 is 4.74 Å². The van der Waals surface area contributed by atoms with Crippen molar-refractivity contribution in [2.24, 2.45) is 0 Å². The van der Waals surface area contributed by atoms with E-state index < -0.39 is 5.97 Å². The van der Waals surface area contributed by atoms with Crippen LogP contribution in [0.1, 0.15) is 21.9 Å². The first-order chi connectivity index (χ1) is 9.69. The molecule has 0 amide bonds. The third kappa shape index (κ3) is 3.86. The average molecular weight is 276 g/mol. The first-order valence-electron chi connectivity index (χ1n) is 6.21. The van der Waals surface area contributed by atoms with Crippen molar-refractivity contribution in [1.82, 2.24) is 0 Å². The van der Waals surface area contributed by atoms with Gasteiger partial charge in [0.1, 0.15) is 18.1 Å². The van der Waals surface area contributed by atoms with Crippen LogP contribution in [0.4, 0.5) is 0 Å². The molecule has 5 nitrogen and oxygen atoms in total. The van der Waals surface area contributed by atoms with E-state index in [-0.39, 0.29) is 12.4 Å². The molecule has 5 heteroatoms. The lowest BCUT2D eigenvalue weighted by atomic mass is 10.1. The second kappa shape index (κ2) is 6.77. The van der Waals surface area contributed by atoms with E-state index in [0.29, 0.717) is 18.1 Å². The van der Waals surface area contributed by atoms with E-state index >= 15 is 0 Å². The topological polar surface area (TPSA) is 68.9 Å². The van der Waals surface area contributed by atoms with Crippen LogP contribution in [-0.2, 0) is 17.8 Å². The van der Waals surface area contributed by atoms with Crippen LogP contribution in [0.5, 0.6) is 5.75 Å². The van der Waals surface area contributed by atoms with Crippen molar-refractivity contribution in [3.8, 4) is 5.75 Å². The van der Waals surface area contributed by atoms with Crippen molar-refractivity contribution in [2.75, 3.05) is 13.7 Å². The second-order valence-electron chi connectivity index (χ2n) is 4.25. The molecule has 0 bridgehead atoms. The largest absolute Gasteiger partial charge is 0.486 e. The van der Waals surface area contributed by atoms with Gasteiger partial charge in [0.15, 0.2) is 0 Å². The van der Waals surface area contributed by atoms with Crippen LogP contribution in [0.15, 0.2) is 40.8 Å². The fourth-order valence-electron chi connectivity index (χ4n) is 1.70. The van der Waals surface area contributed by atoms with E-state index in [1.807, 2.05) is 24.3 Å². The highest BCUT2D eigenvalue weighted by Crippen LogP contribution is 2.16. The zero-order valence-electron chi connectivity index (χ0n) is 11.2. The number of carbonyl (C=O) groups is 1. The van der Waals surface area contributed by atoms with Gasteiger partial charge in [-0.3, -0.25) is 0 Å². The van der Waals surface area contributed by atoms with Gasteiger partial charge in [0.05, 0.1) is 6.61 Å². The highest BCUT2D eigenvalue weighted by atomic mass is 16.5. The Labute approximate surface area is 116 Å². The van der Waals surface area contributed by atoms with Gasteiger partial charge < -0.3 is 19.0 Å². The normalized spacial score (nSPS) is 10.4. The Morgan fingerprint density at radius 1 is 1.20 bits per heavy atom. The Bertz CT molecular complexity index is 556. The van der Waals surface area contributed by atoms with Crippen LogP contribution in [0.25, 0.3) is 0 Å². The lowest BCUT2D eigenvalue weighted by Gasteiger charge is -2.05. The highest BCUT2D eigenvalue weighted by molar-refractivity contribution is 5.84. The lowest BCUT2D eigenvalue weighted by Crippen LogP contribution is -1.96. The van der Waals surface area contributed by atoms with Crippen molar-refractivity contribution in [2.45, 2.75) is 13.0 Å². The number of furan rings is 1. The van der Waals surface area contributed by atoms with Gasteiger partial charge in [0, 0.05) is 7.11 Å². The van der Waals surface area contributed by atoms with E-state index in [1.165, 1.54) is 11.6 Å². The summed E-state index contributed by atoms with van der Waals surface area (Å²) < 4.78 is 15.6. The molecule has 0 saturated heterocycles. The molecule has 2 aromatic rings. The molecular formula is C15H16O5. The predicted octanol–water partition coefficient (Wildman–Crippen LogP) is 2.75. The van der Waals surface area contributed by atoms with E-state index in [1.54, 1.807) is 13.2 Å². The summed E-state index contributed by atoms with van der Waals surface area (Å²) in [4.78, 5) is 10.7. The summed E-state index contributed by atoms with van der Waals surface area (Å²) in [7, 11) is 1.67. The van der Waals surface area contributed by atoms with Crippen molar-refractivity contribution in [3.05, 3.63) is 53.5 Å². The molecule has 0 unspecified atom stereocenters. The fourth-order valence-corrected chi connectivity index (χ4v) is 1.70. The van der Waals surface area contributed by atoms with Crippen molar-refractivity contribution >= 4 is 5.97 Å². The summed E-state index contributed by atoms with van der Waals surface area (Å²) in [6, 6.07) is 10.7. The van der Waals surface area contributed by atoms with Gasteiger partial charge in [-0.05, 0) is 36.2 Å². The fraction of sp³-hybridized carbons (Fsp3) is 0.267. The van der Waals surface area contributed by atoms with Crippen LogP contribution in [0.2, 0.25) is 0 Å². The number of carboxylic acid groups (broad SMARTS) is 1. The number of rotatable bonds is 7. The molecule has 1 aromatic heterocycles. The summed E-state index contributed by atoms with van der Waals surface area (Å²) in [5.74, 6) is 0.0163. The smallest absolute Gasteiger partial charge is 0.371 e. The quantitative estimate of drug-likeness (QED) is 0.842. The minimum Gasteiger partial charge on any atom is -0.486 e. The minimum atomic E-state index is -1.08. The molecule has 0 spiro atoms. The second-order valence-corrected chi connectivity index (χ2v) is 4.25. The Morgan fingerprint density at radius 3 is 2.55 bits per heavy atom. The van der Waals surface area contributed by atoms with E-state index in [2.05, 4.69) is 0 Å². The van der Waals surface area contributed by atoms with Crippen molar-refractivity contribution in [3.63, 3.8) is 0 Å². The van der Waals surface area contributed by atoms with Crippen LogP contribution >= 0.6 is 0 Å². The van der Waals surface area contributed by atoms with Crippen molar-refractivity contribution in [1.29, 1.82) is 0 Å². The number of ether oxygens (including phenoxy) is 2. The van der Waals surface area contributed by atoms with Gasteiger partial charge in [-0.25, -0.2) is 4.79 Å². The zero-order valence-corrected chi connectivity index (χ0v) is 11.2. The molecule has 0 saturated carbocycles. The van der Waals surface area contributed by atoms with Gasteiger partial charge in [-0.15, -0.1) is 0 Å². The van der Waals surface area contributed by atoms with Gasteiger partial charge in [-0.2, -0.15) is 0 Å². The first-order valence-corrected chi connectivity index (χ1v) is 6.21. The molecule has 0 fully saturated rings. The Kier molecular flexibility index (Phi) is 4.79. The molecule has 0 aliphatic rings. The van der Waals surface area contributed by atoms with Gasteiger partial charge in [0.2, 0.25) is 5.76 Å². The number of aromatic carboxylic acids is 1. The number of hydrogen-bond acceptors (Lipinski definition) is 4. The maximum Gasteiger partial charge on any atom is 0.371 e. The zero-order chi connectivity index (χ0) is 14.4. The third-order valence-electron chi connectivity index (χ3n) is 2.77. The number of benzene rings is 1. The molecular weight excluding hydrogens is 260 g/mol. The first kappa shape index (κ1) is 14.1. The highest BCUT2D eigenvalue weighted by Gasteiger charge is 2.09. The van der Waals surface area contributed by atoms with Crippen LogP contribution in [-0.4, -0.2) is 24.8 Å². The summed E-state index contributed by atoms with van der Waals surface area (Å²) in [5.41, 5.74) is 1.17. The molecule has 0 aliphatic carbocycles. The molecule has 1 N–H and O–H groups in total. The molecule has 0 atom stereocenters. The van der Waals surface area contributed by atoms with E-state index in [9.17, 15) is 4.79 Å². The molecule has 0 radical (unpaired) electrons. The van der Waals surface area contributed by atoms with Gasteiger partial charge in [0.25, 0.3) is 0 Å². The van der Waals surface area contributed by atoms with Crippen LogP contribution in [0.3, 0.4) is 0 Å². The molecule has 1 aromatic carbocycles. The Hall–Kier alpha value is -2.27. The van der Waals surface area contributed by atoms with Gasteiger partial charge >= 0.3 is 5.97 Å². The molecule has 2 rings (SSSR count). The standard InChI is InChI=1S/C15H16O5/c1-18-9-8-11-2-4-12(5-3-11)19-10-13-6-7-14(20-13)15(16)17/h2-7H,8-10H2,1H3,(H,16,17). The molecule has 20 heavy (non-hydrogen) atoms. The Morgan fingerprint density at radius 2 is 1.95 bits per heavy atom. The predicted molar refractivity (Wildman–Crippen MR) is 72.0 cm³/mol. The summed E-state index contributed by atoms with van der Waals surface area (Å²) in [6.45, 7) is 0.884. The number of methoxy groups -OCH3 is 1. The lowest BCUT2D eigenvalue weighted by molar-refractivity contribution is 0.0658. The monoisotopic (exact) mass is 276 g/mol. The van der Waals surface area contributed by atoms with Crippen LogP contribution in [0, 0.1) is 0 Å². The summed E-state index contributed by atoms with van der Waals surface area (Å²) in [5, 5.41) is 8.74. The molecule has 0 aliphatic heterocycles. The van der Waals surface area contributed by atoms with Crippen molar-refractivity contribution < 1.29 is 23.8 Å². The summed E-state index contributed by atoms with van der Waals surface area (Å²) in [6.07, 6.45) is 0.858. The van der Waals surface area contributed by atoms with Gasteiger partial charge in [-0.1, -0.05) is 12.1 Å². The van der Waals surface area contributed by atoms with E-state index in [4.69, 9.17) is 19.0 Å².